The Morgan fingerprint density at radius 2 is 2.08 bits per heavy atom. The van der Waals surface area contributed by atoms with E-state index in [1.165, 1.54) is 0 Å². The number of fused-ring (bicyclic) bond motifs is 1. The number of carbonyl (C=O) groups is 1. The van der Waals surface area contributed by atoms with Gasteiger partial charge in [-0.2, -0.15) is 0 Å². The zero-order chi connectivity index (χ0) is 9.42. The highest BCUT2D eigenvalue weighted by molar-refractivity contribution is 6.03. The molecule has 0 bridgehead atoms. The quantitative estimate of drug-likeness (QED) is 0.655. The second-order valence-corrected chi connectivity index (χ2v) is 3.37. The Hall–Kier alpha value is -1.31. The van der Waals surface area contributed by atoms with Gasteiger partial charge in [-0.1, -0.05) is 12.1 Å². The van der Waals surface area contributed by atoms with Crippen LogP contribution < -0.4 is 4.74 Å². The lowest BCUT2D eigenvalue weighted by molar-refractivity contribution is 0.0992. The van der Waals surface area contributed by atoms with Crippen molar-refractivity contribution < 1.29 is 9.53 Å². The third-order valence-electron chi connectivity index (χ3n) is 2.55. The van der Waals surface area contributed by atoms with Gasteiger partial charge in [0.15, 0.2) is 5.78 Å². The fourth-order valence-electron chi connectivity index (χ4n) is 1.88. The van der Waals surface area contributed by atoms with Gasteiger partial charge in [0, 0.05) is 6.42 Å². The molecule has 2 heteroatoms. The number of hydrogen-bond acceptors (Lipinski definition) is 2. The maximum atomic E-state index is 11.5. The summed E-state index contributed by atoms with van der Waals surface area (Å²) in [7, 11) is 1.62. The van der Waals surface area contributed by atoms with Crippen molar-refractivity contribution in [3.8, 4) is 5.75 Å². The molecule has 0 unspecified atom stereocenters. The van der Waals surface area contributed by atoms with Crippen molar-refractivity contribution in [3.63, 3.8) is 0 Å². The Morgan fingerprint density at radius 3 is 2.77 bits per heavy atom. The number of carbonyl (C=O) groups excluding carboxylic acids is 1. The molecule has 0 heterocycles. The highest BCUT2D eigenvalue weighted by atomic mass is 16.5. The van der Waals surface area contributed by atoms with Crippen LogP contribution in [0.15, 0.2) is 12.1 Å². The van der Waals surface area contributed by atoms with E-state index in [1.54, 1.807) is 7.11 Å². The molecule has 0 N–H and O–H groups in total. The van der Waals surface area contributed by atoms with Crippen LogP contribution in [0.25, 0.3) is 0 Å². The maximum Gasteiger partial charge on any atom is 0.167 e. The van der Waals surface area contributed by atoms with Crippen LogP contribution >= 0.6 is 0 Å². The summed E-state index contributed by atoms with van der Waals surface area (Å²) >= 11 is 0. The lowest BCUT2D eigenvalue weighted by atomic mass is 10.1. The molecule has 0 aliphatic heterocycles. The van der Waals surface area contributed by atoms with E-state index in [-0.39, 0.29) is 5.78 Å². The van der Waals surface area contributed by atoms with Crippen molar-refractivity contribution in [2.24, 2.45) is 0 Å². The van der Waals surface area contributed by atoms with Crippen LogP contribution in [0, 0.1) is 6.92 Å². The summed E-state index contributed by atoms with van der Waals surface area (Å²) in [4.78, 5) is 11.5. The van der Waals surface area contributed by atoms with Gasteiger partial charge < -0.3 is 4.74 Å². The van der Waals surface area contributed by atoms with E-state index in [0.717, 1.165) is 28.9 Å². The van der Waals surface area contributed by atoms with Crippen molar-refractivity contribution in [2.75, 3.05) is 7.11 Å². The van der Waals surface area contributed by atoms with Crippen LogP contribution in [0.3, 0.4) is 0 Å². The Morgan fingerprint density at radius 1 is 1.31 bits per heavy atom. The van der Waals surface area contributed by atoms with Gasteiger partial charge >= 0.3 is 0 Å². The van der Waals surface area contributed by atoms with Gasteiger partial charge in [0.2, 0.25) is 0 Å². The van der Waals surface area contributed by atoms with Gasteiger partial charge in [0.1, 0.15) is 5.75 Å². The molecule has 0 spiro atoms. The molecule has 1 aliphatic rings. The molecule has 1 aromatic rings. The Bertz CT molecular complexity index is 367. The molecule has 0 radical (unpaired) electrons. The monoisotopic (exact) mass is 176 g/mol. The summed E-state index contributed by atoms with van der Waals surface area (Å²) in [6.07, 6.45) is 1.50. The predicted octanol–water partition coefficient (Wildman–Crippen LogP) is 2.13. The number of ether oxygens (including phenoxy) is 1. The standard InChI is InChI=1S/C11H12O2/c1-7-3-4-8-5-6-9(12)10(8)11(7)13-2/h3-4H,5-6H2,1-2H3. The van der Waals surface area contributed by atoms with Crippen LogP contribution in [0.4, 0.5) is 0 Å². The summed E-state index contributed by atoms with van der Waals surface area (Å²) in [5.41, 5.74) is 2.98. The van der Waals surface area contributed by atoms with Crippen LogP contribution in [0.5, 0.6) is 5.75 Å². The highest BCUT2D eigenvalue weighted by Gasteiger charge is 2.24. The molecule has 2 rings (SSSR count). The molecule has 68 valence electrons. The summed E-state index contributed by atoms with van der Waals surface area (Å²) in [5.74, 6) is 0.982. The van der Waals surface area contributed by atoms with E-state index >= 15 is 0 Å². The van der Waals surface area contributed by atoms with Crippen molar-refractivity contribution in [3.05, 3.63) is 28.8 Å². The van der Waals surface area contributed by atoms with Gasteiger partial charge in [-0.05, 0) is 24.5 Å². The maximum absolute atomic E-state index is 11.5. The van der Waals surface area contributed by atoms with E-state index in [0.29, 0.717) is 6.42 Å². The van der Waals surface area contributed by atoms with E-state index in [9.17, 15) is 4.79 Å². The summed E-state index contributed by atoms with van der Waals surface area (Å²) in [5, 5.41) is 0. The second kappa shape index (κ2) is 2.87. The van der Waals surface area contributed by atoms with E-state index < -0.39 is 0 Å². The van der Waals surface area contributed by atoms with E-state index in [2.05, 4.69) is 0 Å². The van der Waals surface area contributed by atoms with E-state index in [4.69, 9.17) is 4.74 Å². The Balaban J connectivity index is 2.67. The van der Waals surface area contributed by atoms with Crippen molar-refractivity contribution in [1.82, 2.24) is 0 Å². The normalized spacial score (nSPS) is 14.5. The van der Waals surface area contributed by atoms with Crippen LogP contribution in [-0.2, 0) is 6.42 Å². The van der Waals surface area contributed by atoms with Gasteiger partial charge in [0.05, 0.1) is 12.7 Å². The number of methoxy groups -OCH3 is 1. The first-order valence-corrected chi connectivity index (χ1v) is 4.43. The first kappa shape index (κ1) is 8.30. The number of rotatable bonds is 1. The first-order valence-electron chi connectivity index (χ1n) is 4.43. The van der Waals surface area contributed by atoms with Crippen molar-refractivity contribution >= 4 is 5.78 Å². The molecule has 13 heavy (non-hydrogen) atoms. The van der Waals surface area contributed by atoms with Crippen LogP contribution in [0.1, 0.15) is 27.9 Å². The summed E-state index contributed by atoms with van der Waals surface area (Å²) < 4.78 is 5.24. The molecule has 2 nitrogen and oxygen atoms in total. The fourth-order valence-corrected chi connectivity index (χ4v) is 1.88. The molecular weight excluding hydrogens is 164 g/mol. The number of benzene rings is 1. The molecule has 0 amide bonds. The van der Waals surface area contributed by atoms with Crippen molar-refractivity contribution in [1.29, 1.82) is 0 Å². The molecular formula is C11H12O2. The second-order valence-electron chi connectivity index (χ2n) is 3.37. The van der Waals surface area contributed by atoms with Gasteiger partial charge in [-0.3, -0.25) is 4.79 Å². The zero-order valence-electron chi connectivity index (χ0n) is 7.89. The average Bonchev–Trinajstić information content (AvgIpc) is 2.49. The average molecular weight is 176 g/mol. The minimum Gasteiger partial charge on any atom is -0.496 e. The zero-order valence-corrected chi connectivity index (χ0v) is 7.89. The highest BCUT2D eigenvalue weighted by Crippen LogP contribution is 2.32. The minimum absolute atomic E-state index is 0.218. The predicted molar refractivity (Wildman–Crippen MR) is 50.4 cm³/mol. The fraction of sp³-hybridized carbons (Fsp3) is 0.364. The molecule has 0 aromatic heterocycles. The molecule has 1 aromatic carbocycles. The SMILES string of the molecule is COc1c(C)ccc2c1C(=O)CC2. The molecule has 0 saturated carbocycles. The number of hydrogen-bond donors (Lipinski definition) is 0. The minimum atomic E-state index is 0.218. The first-order chi connectivity index (χ1) is 6.24. The van der Waals surface area contributed by atoms with Crippen molar-refractivity contribution in [2.45, 2.75) is 19.8 Å². The Kier molecular flexibility index (Phi) is 1.83. The molecule has 0 atom stereocenters. The van der Waals surface area contributed by atoms with Gasteiger partial charge in [-0.25, -0.2) is 0 Å². The topological polar surface area (TPSA) is 26.3 Å². The van der Waals surface area contributed by atoms with Gasteiger partial charge in [-0.15, -0.1) is 0 Å². The smallest absolute Gasteiger partial charge is 0.167 e. The van der Waals surface area contributed by atoms with Gasteiger partial charge in [0.25, 0.3) is 0 Å². The lowest BCUT2D eigenvalue weighted by Crippen LogP contribution is -1.98. The van der Waals surface area contributed by atoms with Crippen LogP contribution in [0.2, 0.25) is 0 Å². The lowest BCUT2D eigenvalue weighted by Gasteiger charge is -2.08. The number of ketones is 1. The Labute approximate surface area is 77.5 Å². The summed E-state index contributed by atoms with van der Waals surface area (Å²) in [6, 6.07) is 4.04. The molecule has 1 aliphatic carbocycles. The third-order valence-corrected chi connectivity index (χ3v) is 2.55. The molecule has 0 fully saturated rings. The number of Topliss-reactive ketones (excluding diaryl/α,β-unsaturated/α-hetero) is 1. The number of aryl methyl sites for hydroxylation is 2. The largest absolute Gasteiger partial charge is 0.496 e. The van der Waals surface area contributed by atoms with E-state index in [1.807, 2.05) is 19.1 Å². The van der Waals surface area contributed by atoms with Crippen LogP contribution in [-0.4, -0.2) is 12.9 Å². The molecule has 0 saturated heterocycles. The summed E-state index contributed by atoms with van der Waals surface area (Å²) in [6.45, 7) is 1.96. The third kappa shape index (κ3) is 1.13.